The van der Waals surface area contributed by atoms with Crippen LogP contribution in [0.1, 0.15) is 13.3 Å². The monoisotopic (exact) mass is 342 g/mol. The van der Waals surface area contributed by atoms with Crippen molar-refractivity contribution in [1.29, 1.82) is 10.5 Å². The van der Waals surface area contributed by atoms with Crippen molar-refractivity contribution in [3.05, 3.63) is 46.5 Å². The SMILES string of the molecule is CCCN1C=C(C(=O)OC)C(N)=C(C#N)/C1=C\C=C(/C#N)C(=O)OC. The summed E-state index contributed by atoms with van der Waals surface area (Å²) in [4.78, 5) is 25.0. The van der Waals surface area contributed by atoms with Gasteiger partial charge < -0.3 is 20.1 Å². The standard InChI is InChI=1S/C17H18N4O4/c1-4-7-21-10-13(17(23)25-3)15(20)12(9-19)14(21)6-5-11(8-18)16(22)24-2/h5-6,10H,4,7,20H2,1-3H3/b11-5+,14-6+. The van der Waals surface area contributed by atoms with Gasteiger partial charge in [0.25, 0.3) is 0 Å². The number of esters is 2. The molecule has 0 aromatic carbocycles. The smallest absolute Gasteiger partial charge is 0.348 e. The van der Waals surface area contributed by atoms with Crippen molar-refractivity contribution < 1.29 is 19.1 Å². The Hall–Kier alpha value is -3.52. The molecule has 1 rings (SSSR count). The predicted molar refractivity (Wildman–Crippen MR) is 87.7 cm³/mol. The molecule has 0 atom stereocenters. The molecule has 25 heavy (non-hydrogen) atoms. The summed E-state index contributed by atoms with van der Waals surface area (Å²) >= 11 is 0. The van der Waals surface area contributed by atoms with Gasteiger partial charge in [-0.15, -0.1) is 0 Å². The average molecular weight is 342 g/mol. The first-order chi connectivity index (χ1) is 11.9. The second-order valence-electron chi connectivity index (χ2n) is 4.86. The molecule has 0 unspecified atom stereocenters. The molecule has 0 amide bonds. The van der Waals surface area contributed by atoms with Crippen LogP contribution in [0, 0.1) is 22.7 Å². The van der Waals surface area contributed by atoms with Gasteiger partial charge in [0.15, 0.2) is 0 Å². The van der Waals surface area contributed by atoms with Gasteiger partial charge in [0.1, 0.15) is 23.3 Å². The van der Waals surface area contributed by atoms with E-state index in [2.05, 4.69) is 9.47 Å². The molecule has 1 heterocycles. The minimum absolute atomic E-state index is 0.0297. The maximum atomic E-state index is 11.9. The summed E-state index contributed by atoms with van der Waals surface area (Å²) in [6.45, 7) is 2.40. The molecule has 0 spiro atoms. The van der Waals surface area contributed by atoms with Crippen molar-refractivity contribution in [1.82, 2.24) is 4.90 Å². The molecule has 0 radical (unpaired) electrons. The molecule has 0 saturated carbocycles. The highest BCUT2D eigenvalue weighted by Gasteiger charge is 2.27. The molecule has 0 saturated heterocycles. The number of hydrogen-bond donors (Lipinski definition) is 1. The summed E-state index contributed by atoms with van der Waals surface area (Å²) in [7, 11) is 2.38. The molecule has 0 aromatic heterocycles. The minimum atomic E-state index is -0.793. The van der Waals surface area contributed by atoms with Gasteiger partial charge in [-0.1, -0.05) is 6.92 Å². The molecule has 130 valence electrons. The largest absolute Gasteiger partial charge is 0.465 e. The Morgan fingerprint density at radius 3 is 2.48 bits per heavy atom. The van der Waals surface area contributed by atoms with Gasteiger partial charge in [-0.3, -0.25) is 0 Å². The lowest BCUT2D eigenvalue weighted by atomic mass is 10.00. The Bertz CT molecular complexity index is 775. The van der Waals surface area contributed by atoms with Crippen molar-refractivity contribution in [2.75, 3.05) is 20.8 Å². The van der Waals surface area contributed by atoms with Gasteiger partial charge in [0, 0.05) is 12.7 Å². The quantitative estimate of drug-likeness (QED) is 0.445. The van der Waals surface area contributed by atoms with Crippen LogP contribution in [0.15, 0.2) is 46.5 Å². The van der Waals surface area contributed by atoms with E-state index in [1.54, 1.807) is 11.0 Å². The van der Waals surface area contributed by atoms with Gasteiger partial charge in [0.2, 0.25) is 0 Å². The second kappa shape index (κ2) is 8.94. The fourth-order valence-corrected chi connectivity index (χ4v) is 2.13. The summed E-state index contributed by atoms with van der Waals surface area (Å²) in [6.07, 6.45) is 4.86. The maximum absolute atomic E-state index is 11.9. The number of methoxy groups -OCH3 is 2. The fourth-order valence-electron chi connectivity index (χ4n) is 2.13. The molecule has 1 aliphatic heterocycles. The topological polar surface area (TPSA) is 129 Å². The van der Waals surface area contributed by atoms with E-state index in [4.69, 9.17) is 11.0 Å². The first-order valence-corrected chi connectivity index (χ1v) is 7.32. The van der Waals surface area contributed by atoms with Crippen LogP contribution in [0.2, 0.25) is 0 Å². The first kappa shape index (κ1) is 19.5. The lowest BCUT2D eigenvalue weighted by Crippen LogP contribution is -2.29. The number of rotatable bonds is 5. The molecular weight excluding hydrogens is 324 g/mol. The highest BCUT2D eigenvalue weighted by Crippen LogP contribution is 2.28. The summed E-state index contributed by atoms with van der Waals surface area (Å²) < 4.78 is 9.19. The zero-order valence-corrected chi connectivity index (χ0v) is 14.2. The average Bonchev–Trinajstić information content (AvgIpc) is 2.63. The summed E-state index contributed by atoms with van der Waals surface area (Å²) in [5.74, 6) is -1.45. The van der Waals surface area contributed by atoms with Crippen LogP contribution in [0.3, 0.4) is 0 Å². The fraction of sp³-hybridized carbons (Fsp3) is 0.294. The summed E-state index contributed by atoms with van der Waals surface area (Å²) in [5.41, 5.74) is 6.15. The molecule has 0 fully saturated rings. The van der Waals surface area contributed by atoms with Gasteiger partial charge in [0.05, 0.1) is 31.2 Å². The number of nitrogens with zero attached hydrogens (tertiary/aromatic N) is 3. The molecule has 0 aliphatic carbocycles. The van der Waals surface area contributed by atoms with Crippen LogP contribution in [0.25, 0.3) is 0 Å². The minimum Gasteiger partial charge on any atom is -0.465 e. The molecule has 1 aliphatic rings. The molecule has 8 nitrogen and oxygen atoms in total. The van der Waals surface area contributed by atoms with E-state index in [-0.39, 0.29) is 22.4 Å². The van der Waals surface area contributed by atoms with E-state index < -0.39 is 11.9 Å². The van der Waals surface area contributed by atoms with Crippen molar-refractivity contribution in [3.8, 4) is 12.1 Å². The molecule has 2 N–H and O–H groups in total. The van der Waals surface area contributed by atoms with Crippen LogP contribution in [0.4, 0.5) is 0 Å². The summed E-state index contributed by atoms with van der Waals surface area (Å²) in [6, 6.07) is 3.68. The zero-order chi connectivity index (χ0) is 19.0. The van der Waals surface area contributed by atoms with E-state index in [1.165, 1.54) is 25.5 Å². The van der Waals surface area contributed by atoms with Crippen LogP contribution < -0.4 is 5.73 Å². The number of nitriles is 2. The number of carbonyl (C=O) groups excluding carboxylic acids is 2. The van der Waals surface area contributed by atoms with Crippen LogP contribution >= 0.6 is 0 Å². The first-order valence-electron chi connectivity index (χ1n) is 7.32. The number of ether oxygens (including phenoxy) is 2. The Morgan fingerprint density at radius 2 is 2.00 bits per heavy atom. The van der Waals surface area contributed by atoms with E-state index in [9.17, 15) is 14.9 Å². The number of allylic oxidation sites excluding steroid dienone is 3. The highest BCUT2D eigenvalue weighted by atomic mass is 16.5. The molecule has 0 aromatic rings. The Morgan fingerprint density at radius 1 is 1.32 bits per heavy atom. The van der Waals surface area contributed by atoms with Crippen molar-refractivity contribution in [3.63, 3.8) is 0 Å². The van der Waals surface area contributed by atoms with Gasteiger partial charge >= 0.3 is 11.9 Å². The Labute approximate surface area is 145 Å². The van der Waals surface area contributed by atoms with E-state index >= 15 is 0 Å². The van der Waals surface area contributed by atoms with Crippen LogP contribution in [-0.2, 0) is 19.1 Å². The van der Waals surface area contributed by atoms with Gasteiger partial charge in [-0.2, -0.15) is 10.5 Å². The normalized spacial score (nSPS) is 16.0. The molecule has 8 heteroatoms. The van der Waals surface area contributed by atoms with E-state index in [0.717, 1.165) is 7.11 Å². The van der Waals surface area contributed by atoms with Crippen LogP contribution in [-0.4, -0.2) is 37.6 Å². The van der Waals surface area contributed by atoms with E-state index in [0.29, 0.717) is 18.7 Å². The lowest BCUT2D eigenvalue weighted by Gasteiger charge is -2.28. The van der Waals surface area contributed by atoms with E-state index in [1.807, 2.05) is 13.0 Å². The third-order valence-electron chi connectivity index (χ3n) is 3.33. The number of nitrogens with two attached hydrogens (primary N) is 1. The maximum Gasteiger partial charge on any atom is 0.348 e. The zero-order valence-electron chi connectivity index (χ0n) is 14.2. The Kier molecular flexibility index (Phi) is 6.98. The van der Waals surface area contributed by atoms with Gasteiger partial charge in [-0.25, -0.2) is 9.59 Å². The molecular formula is C17H18N4O4. The molecule has 0 bridgehead atoms. The van der Waals surface area contributed by atoms with Crippen molar-refractivity contribution in [2.45, 2.75) is 13.3 Å². The third-order valence-corrected chi connectivity index (χ3v) is 3.33. The highest BCUT2D eigenvalue weighted by molar-refractivity contribution is 5.95. The third kappa shape index (κ3) is 4.27. The number of hydrogen-bond acceptors (Lipinski definition) is 8. The van der Waals surface area contributed by atoms with Crippen LogP contribution in [0.5, 0.6) is 0 Å². The summed E-state index contributed by atoms with van der Waals surface area (Å²) in [5, 5.41) is 18.5. The lowest BCUT2D eigenvalue weighted by molar-refractivity contribution is -0.136. The Balaban J connectivity index is 3.50. The number of carbonyl (C=O) groups is 2. The van der Waals surface area contributed by atoms with Gasteiger partial charge in [-0.05, 0) is 18.6 Å². The van der Waals surface area contributed by atoms with Crippen molar-refractivity contribution in [2.24, 2.45) is 5.73 Å². The second-order valence-corrected chi connectivity index (χ2v) is 4.86. The predicted octanol–water partition coefficient (Wildman–Crippen LogP) is 1.01. The van der Waals surface area contributed by atoms with Crippen molar-refractivity contribution >= 4 is 11.9 Å².